The minimum Gasteiger partial charge on any atom is -0.349 e. The van der Waals surface area contributed by atoms with Gasteiger partial charge in [0.05, 0.1) is 18.4 Å². The van der Waals surface area contributed by atoms with Crippen molar-refractivity contribution in [2.75, 3.05) is 18.8 Å². The molecule has 0 saturated carbocycles. The van der Waals surface area contributed by atoms with Crippen LogP contribution in [0.1, 0.15) is 36.4 Å². The summed E-state index contributed by atoms with van der Waals surface area (Å²) in [6.45, 7) is 1.15. The number of fused-ring (bicyclic) bond motifs is 1. The third-order valence-electron chi connectivity index (χ3n) is 5.69. The smallest absolute Gasteiger partial charge is 0.227 e. The van der Waals surface area contributed by atoms with Crippen LogP contribution >= 0.6 is 11.8 Å². The second-order valence-corrected chi connectivity index (χ2v) is 8.80. The molecule has 2 unspecified atom stereocenters. The highest BCUT2D eigenvalue weighted by molar-refractivity contribution is 7.99. The molecule has 2 aromatic rings. The van der Waals surface area contributed by atoms with E-state index in [-0.39, 0.29) is 29.6 Å². The van der Waals surface area contributed by atoms with Crippen molar-refractivity contribution in [3.8, 4) is 0 Å². The van der Waals surface area contributed by atoms with Crippen LogP contribution in [0.4, 0.5) is 4.39 Å². The average molecular weight is 413 g/mol. The Bertz CT molecular complexity index is 890. The number of nitrogens with one attached hydrogen (secondary N) is 1. The van der Waals surface area contributed by atoms with Gasteiger partial charge < -0.3 is 10.2 Å². The van der Waals surface area contributed by atoms with Gasteiger partial charge in [0.2, 0.25) is 11.8 Å². The van der Waals surface area contributed by atoms with Crippen LogP contribution in [0, 0.1) is 11.7 Å². The maximum atomic E-state index is 14.1. The maximum Gasteiger partial charge on any atom is 0.227 e. The third kappa shape index (κ3) is 4.64. The molecule has 0 aromatic heterocycles. The molecule has 2 heterocycles. The summed E-state index contributed by atoms with van der Waals surface area (Å²) in [5.74, 6) is 0.381. The number of amides is 2. The fourth-order valence-electron chi connectivity index (χ4n) is 4.13. The van der Waals surface area contributed by atoms with Crippen molar-refractivity contribution in [2.45, 2.75) is 36.6 Å². The lowest BCUT2D eigenvalue weighted by Crippen LogP contribution is -2.46. The van der Waals surface area contributed by atoms with E-state index in [1.807, 2.05) is 41.3 Å². The second-order valence-electron chi connectivity index (χ2n) is 7.70. The Morgan fingerprint density at radius 2 is 1.93 bits per heavy atom. The number of rotatable bonds is 4. The van der Waals surface area contributed by atoms with Gasteiger partial charge in [-0.2, -0.15) is 0 Å². The zero-order valence-corrected chi connectivity index (χ0v) is 17.1. The highest BCUT2D eigenvalue weighted by atomic mass is 32.2. The van der Waals surface area contributed by atoms with Gasteiger partial charge >= 0.3 is 0 Å². The Kier molecular flexibility index (Phi) is 6.19. The van der Waals surface area contributed by atoms with Gasteiger partial charge in [0.25, 0.3) is 0 Å². The standard InChI is InChI=1S/C23H25FN2O2S/c24-19-10-4-9-18-20(11-13-29-22(18)19)25-23(28)17-8-5-12-26(15-17)21(27)14-16-6-2-1-3-7-16/h1-4,6-7,9-10,17,20H,5,8,11-15H2,(H,25,28). The molecule has 1 N–H and O–H groups in total. The molecule has 2 atom stereocenters. The molecule has 2 aliphatic heterocycles. The van der Waals surface area contributed by atoms with Crippen molar-refractivity contribution in [2.24, 2.45) is 5.92 Å². The summed E-state index contributed by atoms with van der Waals surface area (Å²) >= 11 is 1.51. The third-order valence-corrected chi connectivity index (χ3v) is 6.84. The van der Waals surface area contributed by atoms with Crippen molar-refractivity contribution < 1.29 is 14.0 Å². The number of halogens is 1. The van der Waals surface area contributed by atoms with Crippen LogP contribution in [0.25, 0.3) is 0 Å². The lowest BCUT2D eigenvalue weighted by Gasteiger charge is -2.34. The van der Waals surface area contributed by atoms with E-state index >= 15 is 0 Å². The Balaban J connectivity index is 1.38. The molecule has 1 fully saturated rings. The van der Waals surface area contributed by atoms with E-state index in [1.165, 1.54) is 17.8 Å². The lowest BCUT2D eigenvalue weighted by atomic mass is 9.95. The summed E-state index contributed by atoms with van der Waals surface area (Å²) in [5, 5.41) is 3.12. The molecule has 2 amide bonds. The van der Waals surface area contributed by atoms with Crippen molar-refractivity contribution in [1.29, 1.82) is 0 Å². The zero-order valence-electron chi connectivity index (χ0n) is 16.3. The van der Waals surface area contributed by atoms with Gasteiger partial charge in [-0.25, -0.2) is 4.39 Å². The summed E-state index contributed by atoms with van der Waals surface area (Å²) in [6, 6.07) is 14.6. The summed E-state index contributed by atoms with van der Waals surface area (Å²) in [6.07, 6.45) is 2.75. The first-order chi connectivity index (χ1) is 14.1. The van der Waals surface area contributed by atoms with E-state index in [4.69, 9.17) is 0 Å². The second kappa shape index (κ2) is 8.99. The van der Waals surface area contributed by atoms with E-state index in [1.54, 1.807) is 6.07 Å². The van der Waals surface area contributed by atoms with Crippen LogP contribution in [0.15, 0.2) is 53.4 Å². The molecular weight excluding hydrogens is 387 g/mol. The first-order valence-corrected chi connectivity index (χ1v) is 11.1. The van der Waals surface area contributed by atoms with E-state index in [2.05, 4.69) is 5.32 Å². The summed E-state index contributed by atoms with van der Waals surface area (Å²) in [5.41, 5.74) is 1.85. The molecule has 6 heteroatoms. The zero-order chi connectivity index (χ0) is 20.2. The number of piperidine rings is 1. The molecule has 0 aliphatic carbocycles. The van der Waals surface area contributed by atoms with Gasteiger partial charge in [0.1, 0.15) is 5.82 Å². The van der Waals surface area contributed by atoms with Crippen molar-refractivity contribution >= 4 is 23.6 Å². The average Bonchev–Trinajstić information content (AvgIpc) is 2.75. The Hall–Kier alpha value is -2.34. The number of hydrogen-bond donors (Lipinski definition) is 1. The number of hydrogen-bond acceptors (Lipinski definition) is 3. The number of benzene rings is 2. The molecule has 2 aromatic carbocycles. The quantitative estimate of drug-likeness (QED) is 0.827. The van der Waals surface area contributed by atoms with E-state index in [0.717, 1.165) is 36.1 Å². The molecule has 29 heavy (non-hydrogen) atoms. The minimum absolute atomic E-state index is 0.0330. The fraction of sp³-hybridized carbons (Fsp3) is 0.391. The summed E-state index contributed by atoms with van der Waals surface area (Å²) in [4.78, 5) is 28.1. The van der Waals surface area contributed by atoms with Crippen LogP contribution in [0.5, 0.6) is 0 Å². The minimum atomic E-state index is -0.221. The largest absolute Gasteiger partial charge is 0.349 e. The molecule has 4 rings (SSSR count). The highest BCUT2D eigenvalue weighted by Gasteiger charge is 2.31. The number of likely N-dealkylation sites (tertiary alicyclic amines) is 1. The van der Waals surface area contributed by atoms with Gasteiger partial charge in [0, 0.05) is 23.7 Å². The molecule has 0 radical (unpaired) electrons. The normalized spacial score (nSPS) is 21.3. The SMILES string of the molecule is O=C(NC1CCSc2c(F)cccc21)C1CCCN(C(=O)Cc2ccccc2)C1. The van der Waals surface area contributed by atoms with Crippen LogP contribution in [0.2, 0.25) is 0 Å². The fourth-order valence-corrected chi connectivity index (χ4v) is 5.27. The van der Waals surface area contributed by atoms with Crippen LogP contribution in [0.3, 0.4) is 0 Å². The first-order valence-electron chi connectivity index (χ1n) is 10.1. The van der Waals surface area contributed by atoms with Gasteiger partial charge in [-0.15, -0.1) is 11.8 Å². The van der Waals surface area contributed by atoms with Crippen molar-refractivity contribution in [3.05, 3.63) is 65.5 Å². The predicted octanol–water partition coefficient (Wildman–Crippen LogP) is 3.96. The topological polar surface area (TPSA) is 49.4 Å². The Morgan fingerprint density at radius 1 is 1.10 bits per heavy atom. The summed E-state index contributed by atoms with van der Waals surface area (Å²) < 4.78 is 14.1. The first kappa shape index (κ1) is 20.0. The van der Waals surface area contributed by atoms with E-state index in [0.29, 0.717) is 24.4 Å². The van der Waals surface area contributed by atoms with Gasteiger partial charge in [-0.3, -0.25) is 9.59 Å². The van der Waals surface area contributed by atoms with Crippen LogP contribution in [-0.2, 0) is 16.0 Å². The Labute approximate surface area is 174 Å². The lowest BCUT2D eigenvalue weighted by molar-refractivity contribution is -0.135. The van der Waals surface area contributed by atoms with Crippen LogP contribution < -0.4 is 5.32 Å². The Morgan fingerprint density at radius 3 is 2.76 bits per heavy atom. The van der Waals surface area contributed by atoms with Gasteiger partial charge in [-0.1, -0.05) is 42.5 Å². The van der Waals surface area contributed by atoms with Crippen molar-refractivity contribution in [1.82, 2.24) is 10.2 Å². The molecule has 1 saturated heterocycles. The predicted molar refractivity (Wildman–Crippen MR) is 112 cm³/mol. The van der Waals surface area contributed by atoms with Crippen molar-refractivity contribution in [3.63, 3.8) is 0 Å². The van der Waals surface area contributed by atoms with Crippen LogP contribution in [-0.4, -0.2) is 35.6 Å². The molecule has 4 nitrogen and oxygen atoms in total. The van der Waals surface area contributed by atoms with E-state index in [9.17, 15) is 14.0 Å². The number of carbonyl (C=O) groups excluding carboxylic acids is 2. The van der Waals surface area contributed by atoms with Gasteiger partial charge in [-0.05, 0) is 36.5 Å². The molecule has 0 spiro atoms. The molecule has 2 aliphatic rings. The molecule has 0 bridgehead atoms. The number of carbonyl (C=O) groups is 2. The highest BCUT2D eigenvalue weighted by Crippen LogP contribution is 2.38. The van der Waals surface area contributed by atoms with E-state index < -0.39 is 0 Å². The number of thioether (sulfide) groups is 1. The number of nitrogens with zero attached hydrogens (tertiary/aromatic N) is 1. The maximum absolute atomic E-state index is 14.1. The molecular formula is C23H25FN2O2S. The monoisotopic (exact) mass is 412 g/mol. The summed E-state index contributed by atoms with van der Waals surface area (Å²) in [7, 11) is 0. The molecule has 152 valence electrons. The van der Waals surface area contributed by atoms with Gasteiger partial charge in [0.15, 0.2) is 0 Å².